The van der Waals surface area contributed by atoms with E-state index in [0.29, 0.717) is 5.82 Å². The zero-order valence-corrected chi connectivity index (χ0v) is 11.8. The summed E-state index contributed by atoms with van der Waals surface area (Å²) < 4.78 is 0. The Morgan fingerprint density at radius 1 is 1.15 bits per heavy atom. The van der Waals surface area contributed by atoms with Crippen LogP contribution in [-0.4, -0.2) is 9.91 Å². The topological polar surface area (TPSA) is 68.1 Å². The van der Waals surface area contributed by atoms with Crippen molar-refractivity contribution in [1.29, 1.82) is 0 Å². The Kier molecular flexibility index (Phi) is 3.98. The van der Waals surface area contributed by atoms with Gasteiger partial charge >= 0.3 is 5.69 Å². The highest BCUT2D eigenvalue weighted by atomic mass is 16.6. The smallest absolute Gasteiger partial charge is 0.311 e. The molecule has 0 radical (unpaired) electrons. The molecule has 0 aliphatic rings. The van der Waals surface area contributed by atoms with Crippen LogP contribution in [0, 0.1) is 24.0 Å². The molecule has 104 valence electrons. The van der Waals surface area contributed by atoms with Gasteiger partial charge in [0, 0.05) is 11.8 Å². The van der Waals surface area contributed by atoms with Crippen LogP contribution in [0.4, 0.5) is 11.5 Å². The second kappa shape index (κ2) is 5.69. The van der Waals surface area contributed by atoms with Gasteiger partial charge in [0.25, 0.3) is 0 Å². The third-order valence-electron chi connectivity index (χ3n) is 3.14. The predicted octanol–water partition coefficient (Wildman–Crippen LogP) is 3.78. The van der Waals surface area contributed by atoms with Crippen LogP contribution in [0.15, 0.2) is 36.4 Å². The maximum absolute atomic E-state index is 11.0. The van der Waals surface area contributed by atoms with Crippen LogP contribution < -0.4 is 5.32 Å². The molecule has 0 spiro atoms. The number of aromatic nitrogens is 1. The summed E-state index contributed by atoms with van der Waals surface area (Å²) >= 11 is 0. The average molecular weight is 271 g/mol. The fourth-order valence-corrected chi connectivity index (χ4v) is 1.95. The molecule has 5 heteroatoms. The van der Waals surface area contributed by atoms with Crippen LogP contribution in [0.1, 0.15) is 29.8 Å². The normalized spacial score (nSPS) is 11.9. The first-order valence-corrected chi connectivity index (χ1v) is 6.42. The molecule has 5 nitrogen and oxygen atoms in total. The van der Waals surface area contributed by atoms with Gasteiger partial charge < -0.3 is 5.32 Å². The van der Waals surface area contributed by atoms with Crippen molar-refractivity contribution in [2.75, 3.05) is 5.32 Å². The molecule has 0 aliphatic carbocycles. The lowest BCUT2D eigenvalue weighted by Gasteiger charge is -2.15. The first kappa shape index (κ1) is 14.0. The third-order valence-corrected chi connectivity index (χ3v) is 3.14. The van der Waals surface area contributed by atoms with Gasteiger partial charge in [-0.15, -0.1) is 0 Å². The van der Waals surface area contributed by atoms with E-state index in [1.807, 2.05) is 45.0 Å². The summed E-state index contributed by atoms with van der Waals surface area (Å²) in [6.45, 7) is 5.79. The molecule has 20 heavy (non-hydrogen) atoms. The SMILES string of the molecule is Cc1ccc(C(C)Nc2nc(C)ccc2[N+](=O)[O-])cc1. The van der Waals surface area contributed by atoms with E-state index in [1.165, 1.54) is 11.6 Å². The quantitative estimate of drug-likeness (QED) is 0.678. The maximum Gasteiger partial charge on any atom is 0.311 e. The number of pyridine rings is 1. The number of hydrogen-bond donors (Lipinski definition) is 1. The lowest BCUT2D eigenvalue weighted by Crippen LogP contribution is -2.10. The Bertz CT molecular complexity index is 624. The molecule has 0 amide bonds. The highest BCUT2D eigenvalue weighted by Gasteiger charge is 2.17. The largest absolute Gasteiger partial charge is 0.358 e. The number of anilines is 1. The molecular weight excluding hydrogens is 254 g/mol. The summed E-state index contributed by atoms with van der Waals surface area (Å²) in [6, 6.07) is 11.1. The van der Waals surface area contributed by atoms with Gasteiger partial charge in [0.2, 0.25) is 5.82 Å². The minimum atomic E-state index is -0.420. The van der Waals surface area contributed by atoms with Crippen molar-refractivity contribution in [2.45, 2.75) is 26.8 Å². The molecule has 1 unspecified atom stereocenters. The van der Waals surface area contributed by atoms with Crippen LogP contribution in [0.25, 0.3) is 0 Å². The van der Waals surface area contributed by atoms with Gasteiger partial charge in [0.05, 0.1) is 11.0 Å². The van der Waals surface area contributed by atoms with Crippen LogP contribution in [0.5, 0.6) is 0 Å². The van der Waals surface area contributed by atoms with E-state index in [2.05, 4.69) is 10.3 Å². The first-order valence-electron chi connectivity index (χ1n) is 6.42. The van der Waals surface area contributed by atoms with Gasteiger partial charge in [-0.25, -0.2) is 4.98 Å². The number of nitrogens with one attached hydrogen (secondary N) is 1. The second-order valence-corrected chi connectivity index (χ2v) is 4.85. The number of aryl methyl sites for hydroxylation is 2. The molecule has 0 bridgehead atoms. The van der Waals surface area contributed by atoms with Gasteiger partial charge in [-0.3, -0.25) is 10.1 Å². The number of nitro groups is 1. The van der Waals surface area contributed by atoms with Crippen LogP contribution in [0.3, 0.4) is 0 Å². The summed E-state index contributed by atoms with van der Waals surface area (Å²) in [6.07, 6.45) is 0. The third kappa shape index (κ3) is 3.12. The molecule has 1 aromatic carbocycles. The Hall–Kier alpha value is -2.43. The van der Waals surface area contributed by atoms with Crippen molar-refractivity contribution >= 4 is 11.5 Å². The lowest BCUT2D eigenvalue weighted by atomic mass is 10.1. The monoisotopic (exact) mass is 271 g/mol. The highest BCUT2D eigenvalue weighted by molar-refractivity contribution is 5.57. The van der Waals surface area contributed by atoms with E-state index in [1.54, 1.807) is 6.07 Å². The molecule has 0 aliphatic heterocycles. The molecule has 1 heterocycles. The zero-order chi connectivity index (χ0) is 14.7. The van der Waals surface area contributed by atoms with Gasteiger partial charge in [-0.1, -0.05) is 29.8 Å². The van der Waals surface area contributed by atoms with E-state index in [4.69, 9.17) is 0 Å². The van der Waals surface area contributed by atoms with Crippen molar-refractivity contribution < 1.29 is 4.92 Å². The lowest BCUT2D eigenvalue weighted by molar-refractivity contribution is -0.384. The van der Waals surface area contributed by atoms with Crippen molar-refractivity contribution in [3.8, 4) is 0 Å². The van der Waals surface area contributed by atoms with Gasteiger partial charge in [0.15, 0.2) is 0 Å². The Morgan fingerprint density at radius 2 is 1.80 bits per heavy atom. The zero-order valence-electron chi connectivity index (χ0n) is 11.8. The van der Waals surface area contributed by atoms with Gasteiger partial charge in [-0.2, -0.15) is 0 Å². The summed E-state index contributed by atoms with van der Waals surface area (Å²) in [5.74, 6) is 0.308. The Labute approximate surface area is 117 Å². The molecule has 0 saturated carbocycles. The minimum Gasteiger partial charge on any atom is -0.358 e. The molecular formula is C15H17N3O2. The van der Waals surface area contributed by atoms with Gasteiger partial charge in [0.1, 0.15) is 0 Å². The number of hydrogen-bond acceptors (Lipinski definition) is 4. The summed E-state index contributed by atoms with van der Waals surface area (Å²) in [5, 5.41) is 14.1. The minimum absolute atomic E-state index is 0.00504. The fourth-order valence-electron chi connectivity index (χ4n) is 1.95. The number of nitrogens with zero attached hydrogens (tertiary/aromatic N) is 2. The van der Waals surface area contributed by atoms with E-state index in [9.17, 15) is 10.1 Å². The Balaban J connectivity index is 2.27. The molecule has 2 aromatic rings. The van der Waals surface area contributed by atoms with Crippen molar-refractivity contribution in [3.05, 3.63) is 63.3 Å². The van der Waals surface area contributed by atoms with E-state index >= 15 is 0 Å². The van der Waals surface area contributed by atoms with Crippen LogP contribution >= 0.6 is 0 Å². The van der Waals surface area contributed by atoms with Crippen LogP contribution in [0.2, 0.25) is 0 Å². The summed E-state index contributed by atoms with van der Waals surface area (Å²) in [5.41, 5.74) is 2.98. The summed E-state index contributed by atoms with van der Waals surface area (Å²) in [4.78, 5) is 14.8. The average Bonchev–Trinajstić information content (AvgIpc) is 2.39. The standard InChI is InChI=1S/C15H17N3O2/c1-10-4-7-13(8-5-10)12(3)17-15-14(18(19)20)9-6-11(2)16-15/h4-9,12H,1-3H3,(H,16,17). The van der Waals surface area contributed by atoms with E-state index in [0.717, 1.165) is 11.3 Å². The molecule has 1 aromatic heterocycles. The molecule has 1 atom stereocenters. The van der Waals surface area contributed by atoms with Crippen LogP contribution in [-0.2, 0) is 0 Å². The fraction of sp³-hybridized carbons (Fsp3) is 0.267. The predicted molar refractivity (Wildman–Crippen MR) is 78.8 cm³/mol. The summed E-state index contributed by atoms with van der Waals surface area (Å²) in [7, 11) is 0. The highest BCUT2D eigenvalue weighted by Crippen LogP contribution is 2.26. The molecule has 1 N–H and O–H groups in total. The Morgan fingerprint density at radius 3 is 2.40 bits per heavy atom. The van der Waals surface area contributed by atoms with Gasteiger partial charge in [-0.05, 0) is 32.4 Å². The van der Waals surface area contributed by atoms with Crippen molar-refractivity contribution in [3.63, 3.8) is 0 Å². The molecule has 0 fully saturated rings. The van der Waals surface area contributed by atoms with E-state index in [-0.39, 0.29) is 11.7 Å². The van der Waals surface area contributed by atoms with Crippen molar-refractivity contribution in [2.24, 2.45) is 0 Å². The van der Waals surface area contributed by atoms with E-state index < -0.39 is 4.92 Å². The number of benzene rings is 1. The molecule has 2 rings (SSSR count). The molecule has 0 saturated heterocycles. The first-order chi connectivity index (χ1) is 9.47. The maximum atomic E-state index is 11.0. The number of rotatable bonds is 4. The second-order valence-electron chi connectivity index (χ2n) is 4.85. The van der Waals surface area contributed by atoms with Crippen molar-refractivity contribution in [1.82, 2.24) is 4.98 Å².